The summed E-state index contributed by atoms with van der Waals surface area (Å²) in [6.45, 7) is 3.84. The van der Waals surface area contributed by atoms with Gasteiger partial charge >= 0.3 is 5.97 Å². The summed E-state index contributed by atoms with van der Waals surface area (Å²) in [7, 11) is 0. The number of carbonyl (C=O) groups is 1. The molecule has 1 heterocycles. The lowest BCUT2D eigenvalue weighted by atomic mass is 9.93. The van der Waals surface area contributed by atoms with E-state index in [0.29, 0.717) is 0 Å². The molecule has 0 aliphatic heterocycles. The molecule has 0 radical (unpaired) electrons. The second-order valence-corrected chi connectivity index (χ2v) is 4.48. The highest BCUT2D eigenvalue weighted by molar-refractivity contribution is 5.85. The molecule has 1 aromatic heterocycles. The van der Waals surface area contributed by atoms with Crippen LogP contribution in [0, 0.1) is 0 Å². The lowest BCUT2D eigenvalue weighted by molar-refractivity contribution is -0.145. The van der Waals surface area contributed by atoms with Crippen LogP contribution in [-0.2, 0) is 9.53 Å². The SMILES string of the molecule is CCOC(=O)C(N=[N+]=[N-])C(C)c1c[nH]c2ccccc12. The van der Waals surface area contributed by atoms with Crippen LogP contribution in [0.1, 0.15) is 25.3 Å². The molecule has 1 aromatic carbocycles. The summed E-state index contributed by atoms with van der Waals surface area (Å²) in [5, 5.41) is 4.61. The van der Waals surface area contributed by atoms with Crippen LogP contribution < -0.4 is 0 Å². The highest BCUT2D eigenvalue weighted by Crippen LogP contribution is 2.29. The molecule has 104 valence electrons. The Morgan fingerprint density at radius 3 is 2.95 bits per heavy atom. The van der Waals surface area contributed by atoms with Crippen molar-refractivity contribution in [2.45, 2.75) is 25.8 Å². The third-order valence-electron chi connectivity index (χ3n) is 3.29. The van der Waals surface area contributed by atoms with Gasteiger partial charge in [0.1, 0.15) is 6.04 Å². The summed E-state index contributed by atoms with van der Waals surface area (Å²) in [5.74, 6) is -0.760. The Bertz CT molecular complexity index is 658. The van der Waals surface area contributed by atoms with E-state index in [0.717, 1.165) is 16.5 Å². The minimum atomic E-state index is -0.862. The topological polar surface area (TPSA) is 90.8 Å². The molecular formula is C14H16N4O2. The minimum absolute atomic E-state index is 0.261. The van der Waals surface area contributed by atoms with Gasteiger partial charge in [-0.25, -0.2) is 0 Å². The van der Waals surface area contributed by atoms with Gasteiger partial charge < -0.3 is 9.72 Å². The van der Waals surface area contributed by atoms with Crippen molar-refractivity contribution in [3.63, 3.8) is 0 Å². The average Bonchev–Trinajstić information content (AvgIpc) is 2.88. The fourth-order valence-electron chi connectivity index (χ4n) is 2.28. The van der Waals surface area contributed by atoms with Crippen molar-refractivity contribution in [3.05, 3.63) is 46.5 Å². The minimum Gasteiger partial charge on any atom is -0.466 e. The number of hydrogen-bond donors (Lipinski definition) is 1. The van der Waals surface area contributed by atoms with Crippen molar-refractivity contribution in [1.29, 1.82) is 0 Å². The van der Waals surface area contributed by atoms with E-state index in [1.165, 1.54) is 0 Å². The van der Waals surface area contributed by atoms with Crippen molar-refractivity contribution < 1.29 is 9.53 Å². The van der Waals surface area contributed by atoms with Gasteiger partial charge in [0.25, 0.3) is 0 Å². The van der Waals surface area contributed by atoms with Gasteiger partial charge in [0.2, 0.25) is 0 Å². The first kappa shape index (κ1) is 14.0. The lowest BCUT2D eigenvalue weighted by Gasteiger charge is -2.17. The predicted molar refractivity (Wildman–Crippen MR) is 76.3 cm³/mol. The number of esters is 1. The molecule has 0 aliphatic carbocycles. The fourth-order valence-corrected chi connectivity index (χ4v) is 2.28. The summed E-state index contributed by atoms with van der Waals surface area (Å²) in [5.41, 5.74) is 10.6. The largest absolute Gasteiger partial charge is 0.466 e. The molecule has 0 saturated carbocycles. The Balaban J connectivity index is 2.38. The molecule has 2 rings (SSSR count). The highest BCUT2D eigenvalue weighted by Gasteiger charge is 2.28. The van der Waals surface area contributed by atoms with E-state index in [9.17, 15) is 4.79 Å². The third kappa shape index (κ3) is 2.60. The zero-order chi connectivity index (χ0) is 14.5. The maximum Gasteiger partial charge on any atom is 0.315 e. The molecule has 0 spiro atoms. The third-order valence-corrected chi connectivity index (χ3v) is 3.29. The maximum atomic E-state index is 11.9. The molecule has 0 amide bonds. The molecule has 0 fully saturated rings. The van der Waals surface area contributed by atoms with Crippen molar-refractivity contribution in [2.75, 3.05) is 6.61 Å². The van der Waals surface area contributed by atoms with E-state index < -0.39 is 12.0 Å². The predicted octanol–water partition coefficient (Wildman–Crippen LogP) is 3.51. The summed E-state index contributed by atoms with van der Waals surface area (Å²) < 4.78 is 4.97. The molecule has 6 nitrogen and oxygen atoms in total. The quantitative estimate of drug-likeness (QED) is 0.390. The van der Waals surface area contributed by atoms with Gasteiger partial charge in [-0.2, -0.15) is 0 Å². The number of para-hydroxylation sites is 1. The second kappa shape index (κ2) is 6.12. The summed E-state index contributed by atoms with van der Waals surface area (Å²) in [4.78, 5) is 17.8. The number of nitrogens with one attached hydrogen (secondary N) is 1. The lowest BCUT2D eigenvalue weighted by Crippen LogP contribution is -2.26. The van der Waals surface area contributed by atoms with Gasteiger partial charge in [-0.05, 0) is 24.1 Å². The molecule has 1 N–H and O–H groups in total. The molecule has 2 atom stereocenters. The van der Waals surface area contributed by atoms with Crippen LogP contribution in [0.15, 0.2) is 35.6 Å². The average molecular weight is 272 g/mol. The maximum absolute atomic E-state index is 11.9. The number of ether oxygens (including phenoxy) is 1. The number of H-pyrrole nitrogens is 1. The monoisotopic (exact) mass is 272 g/mol. The van der Waals surface area contributed by atoms with Gasteiger partial charge in [0.15, 0.2) is 0 Å². The Morgan fingerprint density at radius 1 is 1.50 bits per heavy atom. The molecule has 0 saturated heterocycles. The number of hydrogen-bond acceptors (Lipinski definition) is 3. The number of rotatable bonds is 5. The van der Waals surface area contributed by atoms with Crippen LogP contribution in [0.25, 0.3) is 21.3 Å². The number of nitrogens with zero attached hydrogens (tertiary/aromatic N) is 3. The van der Waals surface area contributed by atoms with E-state index in [1.54, 1.807) is 6.92 Å². The molecule has 20 heavy (non-hydrogen) atoms. The summed E-state index contributed by atoms with van der Waals surface area (Å²) in [6.07, 6.45) is 1.84. The van der Waals surface area contributed by atoms with Crippen LogP contribution in [0.3, 0.4) is 0 Å². The number of carbonyl (C=O) groups excluding carboxylic acids is 1. The second-order valence-electron chi connectivity index (χ2n) is 4.48. The molecular weight excluding hydrogens is 256 g/mol. The van der Waals surface area contributed by atoms with Crippen LogP contribution in [0.2, 0.25) is 0 Å². The van der Waals surface area contributed by atoms with Crippen molar-refractivity contribution in [2.24, 2.45) is 5.11 Å². The number of aromatic nitrogens is 1. The Morgan fingerprint density at radius 2 is 2.25 bits per heavy atom. The molecule has 0 bridgehead atoms. The van der Waals surface area contributed by atoms with Crippen LogP contribution in [-0.4, -0.2) is 23.6 Å². The van der Waals surface area contributed by atoms with E-state index in [-0.39, 0.29) is 12.5 Å². The summed E-state index contributed by atoms with van der Waals surface area (Å²) in [6, 6.07) is 6.93. The number of benzene rings is 1. The van der Waals surface area contributed by atoms with E-state index >= 15 is 0 Å². The molecule has 0 aliphatic rings. The van der Waals surface area contributed by atoms with Crippen LogP contribution in [0.4, 0.5) is 0 Å². The number of azide groups is 1. The Labute approximate surface area is 116 Å². The van der Waals surface area contributed by atoms with Crippen molar-refractivity contribution in [3.8, 4) is 0 Å². The van der Waals surface area contributed by atoms with Gasteiger partial charge in [0, 0.05) is 27.9 Å². The van der Waals surface area contributed by atoms with Crippen LogP contribution in [0.5, 0.6) is 0 Å². The van der Waals surface area contributed by atoms with Crippen molar-refractivity contribution in [1.82, 2.24) is 4.98 Å². The first-order chi connectivity index (χ1) is 9.69. The smallest absolute Gasteiger partial charge is 0.315 e. The first-order valence-corrected chi connectivity index (χ1v) is 6.45. The standard InChI is InChI=1S/C14H16N4O2/c1-3-20-14(19)13(17-18-15)9(2)11-8-16-12-7-5-4-6-10(11)12/h4-9,13,16H,3H2,1-2H3. The fraction of sp³-hybridized carbons (Fsp3) is 0.357. The van der Waals surface area contributed by atoms with E-state index in [1.807, 2.05) is 37.4 Å². The molecule has 2 unspecified atom stereocenters. The zero-order valence-corrected chi connectivity index (χ0v) is 11.4. The van der Waals surface area contributed by atoms with Crippen molar-refractivity contribution >= 4 is 16.9 Å². The highest BCUT2D eigenvalue weighted by atomic mass is 16.5. The van der Waals surface area contributed by atoms with Gasteiger partial charge in [0.05, 0.1) is 6.61 Å². The zero-order valence-electron chi connectivity index (χ0n) is 11.4. The Kier molecular flexibility index (Phi) is 4.27. The van der Waals surface area contributed by atoms with Gasteiger partial charge in [-0.3, -0.25) is 4.79 Å². The van der Waals surface area contributed by atoms with Crippen LogP contribution >= 0.6 is 0 Å². The normalized spacial score (nSPS) is 13.5. The first-order valence-electron chi connectivity index (χ1n) is 6.45. The van der Waals surface area contributed by atoms with E-state index in [2.05, 4.69) is 15.0 Å². The number of aromatic amines is 1. The van der Waals surface area contributed by atoms with Gasteiger partial charge in [-0.1, -0.05) is 30.2 Å². The molecule has 6 heteroatoms. The summed E-state index contributed by atoms with van der Waals surface area (Å²) >= 11 is 0. The van der Waals surface area contributed by atoms with E-state index in [4.69, 9.17) is 10.3 Å². The Hall–Kier alpha value is -2.46. The van der Waals surface area contributed by atoms with Gasteiger partial charge in [-0.15, -0.1) is 0 Å². The number of fused-ring (bicyclic) bond motifs is 1. The molecule has 2 aromatic rings.